The van der Waals surface area contributed by atoms with Gasteiger partial charge in [0.15, 0.2) is 0 Å². The van der Waals surface area contributed by atoms with Gasteiger partial charge < -0.3 is 10.1 Å². The number of ether oxygens (including phenoxy) is 1. The van der Waals surface area contributed by atoms with Crippen LogP contribution >= 0.6 is 0 Å². The van der Waals surface area contributed by atoms with Gasteiger partial charge in [-0.3, -0.25) is 0 Å². The van der Waals surface area contributed by atoms with Crippen molar-refractivity contribution in [1.29, 1.82) is 0 Å². The van der Waals surface area contributed by atoms with Crippen molar-refractivity contribution in [2.45, 2.75) is 38.0 Å². The molecule has 1 aliphatic heterocycles. The van der Waals surface area contributed by atoms with E-state index in [1.807, 2.05) is 0 Å². The van der Waals surface area contributed by atoms with Crippen LogP contribution in [0.25, 0.3) is 0 Å². The van der Waals surface area contributed by atoms with Gasteiger partial charge in [-0.25, -0.2) is 0 Å². The summed E-state index contributed by atoms with van der Waals surface area (Å²) in [5.41, 5.74) is 2.64. The molecule has 0 aromatic heterocycles. The van der Waals surface area contributed by atoms with Crippen LogP contribution < -0.4 is 5.32 Å². The summed E-state index contributed by atoms with van der Waals surface area (Å²) in [4.78, 5) is 0. The smallest absolute Gasteiger partial charge is 0.0978 e. The summed E-state index contributed by atoms with van der Waals surface area (Å²) < 4.78 is 6.19. The zero-order chi connectivity index (χ0) is 14.5. The van der Waals surface area contributed by atoms with Gasteiger partial charge in [0.25, 0.3) is 0 Å². The van der Waals surface area contributed by atoms with Gasteiger partial charge in [0, 0.05) is 12.1 Å². The minimum absolute atomic E-state index is 0.170. The predicted molar refractivity (Wildman–Crippen MR) is 86.3 cm³/mol. The first-order valence-electron chi connectivity index (χ1n) is 7.83. The molecule has 3 unspecified atom stereocenters. The Morgan fingerprint density at radius 3 is 2.33 bits per heavy atom. The molecule has 2 aromatic carbocycles. The summed E-state index contributed by atoms with van der Waals surface area (Å²) in [6.07, 6.45) is 2.27. The minimum Gasteiger partial charge on any atom is -0.370 e. The first kappa shape index (κ1) is 14.3. The Balaban J connectivity index is 1.66. The van der Waals surface area contributed by atoms with Gasteiger partial charge in [-0.15, -0.1) is 0 Å². The van der Waals surface area contributed by atoms with E-state index >= 15 is 0 Å². The van der Waals surface area contributed by atoms with Crippen molar-refractivity contribution in [3.63, 3.8) is 0 Å². The lowest BCUT2D eigenvalue weighted by atomic mass is 9.95. The Labute approximate surface area is 127 Å². The van der Waals surface area contributed by atoms with Crippen LogP contribution in [0.4, 0.5) is 0 Å². The van der Waals surface area contributed by atoms with E-state index in [9.17, 15) is 0 Å². The molecule has 2 aromatic rings. The molecule has 1 saturated heterocycles. The van der Waals surface area contributed by atoms with Gasteiger partial charge in [-0.2, -0.15) is 0 Å². The van der Waals surface area contributed by atoms with Gasteiger partial charge in [0.05, 0.1) is 12.7 Å². The van der Waals surface area contributed by atoms with E-state index in [-0.39, 0.29) is 6.10 Å². The second kappa shape index (κ2) is 6.88. The zero-order valence-corrected chi connectivity index (χ0v) is 12.5. The molecule has 0 amide bonds. The summed E-state index contributed by atoms with van der Waals surface area (Å²) in [7, 11) is 0. The third-order valence-corrected chi connectivity index (χ3v) is 4.19. The molecule has 2 heteroatoms. The average molecular weight is 281 g/mol. The van der Waals surface area contributed by atoms with Gasteiger partial charge in [-0.05, 0) is 24.0 Å². The number of morpholine rings is 1. The van der Waals surface area contributed by atoms with Crippen molar-refractivity contribution in [1.82, 2.24) is 5.32 Å². The van der Waals surface area contributed by atoms with Crippen molar-refractivity contribution in [2.24, 2.45) is 0 Å². The Morgan fingerprint density at radius 1 is 1.00 bits per heavy atom. The molecule has 110 valence electrons. The fraction of sp³-hybridized carbons (Fsp3) is 0.368. The van der Waals surface area contributed by atoms with Gasteiger partial charge in [0.1, 0.15) is 0 Å². The lowest BCUT2D eigenvalue weighted by molar-refractivity contribution is -0.0303. The molecule has 21 heavy (non-hydrogen) atoms. The quantitative estimate of drug-likeness (QED) is 0.922. The molecule has 1 heterocycles. The highest BCUT2D eigenvalue weighted by Crippen LogP contribution is 2.27. The molecule has 1 fully saturated rings. The third-order valence-electron chi connectivity index (χ3n) is 4.19. The summed E-state index contributed by atoms with van der Waals surface area (Å²) in [5.74, 6) is 0. The molecule has 0 radical (unpaired) electrons. The highest BCUT2D eigenvalue weighted by molar-refractivity contribution is 5.21. The monoisotopic (exact) mass is 281 g/mol. The highest BCUT2D eigenvalue weighted by Gasteiger charge is 2.30. The van der Waals surface area contributed by atoms with Crippen molar-refractivity contribution < 1.29 is 4.74 Å². The molecule has 0 aliphatic carbocycles. The van der Waals surface area contributed by atoms with Crippen LogP contribution in [0.5, 0.6) is 0 Å². The van der Waals surface area contributed by atoms with Gasteiger partial charge >= 0.3 is 0 Å². The van der Waals surface area contributed by atoms with E-state index in [1.165, 1.54) is 11.1 Å². The Morgan fingerprint density at radius 2 is 1.67 bits per heavy atom. The van der Waals surface area contributed by atoms with Crippen LogP contribution in [0.15, 0.2) is 60.7 Å². The fourth-order valence-corrected chi connectivity index (χ4v) is 3.09. The van der Waals surface area contributed by atoms with Crippen LogP contribution in [0.3, 0.4) is 0 Å². The summed E-state index contributed by atoms with van der Waals surface area (Å²) in [6.45, 7) is 2.99. The first-order valence-corrected chi connectivity index (χ1v) is 7.83. The second-order valence-electron chi connectivity index (χ2n) is 5.73. The molecule has 2 nitrogen and oxygen atoms in total. The number of hydrogen-bond donors (Lipinski definition) is 1. The largest absolute Gasteiger partial charge is 0.370 e. The lowest BCUT2D eigenvalue weighted by Crippen LogP contribution is -2.50. The minimum atomic E-state index is 0.170. The normalized spacial score (nSPS) is 25.7. The Kier molecular flexibility index (Phi) is 4.69. The predicted octanol–water partition coefficient (Wildman–Crippen LogP) is 3.74. The van der Waals surface area contributed by atoms with Gasteiger partial charge in [-0.1, -0.05) is 67.6 Å². The van der Waals surface area contributed by atoms with Crippen LogP contribution in [0.2, 0.25) is 0 Å². The molecule has 0 saturated carbocycles. The maximum atomic E-state index is 6.19. The van der Waals surface area contributed by atoms with Gasteiger partial charge in [0.2, 0.25) is 0 Å². The standard InChI is InChI=1S/C19H23NO/c1-2-18-19(16-11-7-4-8-12-16)21-14-17(20-18)13-15-9-5-3-6-10-15/h3-12,17-20H,2,13-14H2,1H3. The zero-order valence-electron chi connectivity index (χ0n) is 12.5. The fourth-order valence-electron chi connectivity index (χ4n) is 3.09. The lowest BCUT2D eigenvalue weighted by Gasteiger charge is -2.37. The molecule has 3 atom stereocenters. The highest BCUT2D eigenvalue weighted by atomic mass is 16.5. The Bertz CT molecular complexity index is 540. The SMILES string of the molecule is CCC1NC(Cc2ccccc2)COC1c1ccccc1. The van der Waals surface area contributed by atoms with E-state index < -0.39 is 0 Å². The van der Waals surface area contributed by atoms with E-state index in [0.29, 0.717) is 12.1 Å². The third kappa shape index (κ3) is 3.52. The number of hydrogen-bond acceptors (Lipinski definition) is 2. The molecule has 0 bridgehead atoms. The van der Waals surface area contributed by atoms with Crippen molar-refractivity contribution >= 4 is 0 Å². The Hall–Kier alpha value is -1.64. The summed E-state index contributed by atoms with van der Waals surface area (Å²) >= 11 is 0. The number of benzene rings is 2. The number of nitrogens with one attached hydrogen (secondary N) is 1. The molecule has 3 rings (SSSR count). The van der Waals surface area contributed by atoms with E-state index in [0.717, 1.165) is 19.4 Å². The van der Waals surface area contributed by atoms with Crippen molar-refractivity contribution in [3.8, 4) is 0 Å². The maximum absolute atomic E-state index is 6.19. The number of rotatable bonds is 4. The maximum Gasteiger partial charge on any atom is 0.0978 e. The van der Waals surface area contributed by atoms with Crippen molar-refractivity contribution in [2.75, 3.05) is 6.61 Å². The first-order chi connectivity index (χ1) is 10.4. The van der Waals surface area contributed by atoms with Crippen LogP contribution in [0.1, 0.15) is 30.6 Å². The molecular formula is C19H23NO. The van der Waals surface area contributed by atoms with E-state index in [1.54, 1.807) is 0 Å². The molecule has 1 N–H and O–H groups in total. The van der Waals surface area contributed by atoms with Crippen LogP contribution in [-0.2, 0) is 11.2 Å². The summed E-state index contributed by atoms with van der Waals surface area (Å²) in [5, 5.41) is 3.78. The van der Waals surface area contributed by atoms with E-state index in [2.05, 4.69) is 72.9 Å². The summed E-state index contributed by atoms with van der Waals surface area (Å²) in [6, 6.07) is 22.0. The topological polar surface area (TPSA) is 21.3 Å². The second-order valence-corrected chi connectivity index (χ2v) is 5.73. The van der Waals surface area contributed by atoms with Crippen LogP contribution in [-0.4, -0.2) is 18.7 Å². The van der Waals surface area contributed by atoms with Crippen molar-refractivity contribution in [3.05, 3.63) is 71.8 Å². The molecule has 1 aliphatic rings. The van der Waals surface area contributed by atoms with Crippen LogP contribution in [0, 0.1) is 0 Å². The van der Waals surface area contributed by atoms with E-state index in [4.69, 9.17) is 4.74 Å². The molecule has 0 spiro atoms. The molecular weight excluding hydrogens is 258 g/mol. The average Bonchev–Trinajstić information content (AvgIpc) is 2.56.